The van der Waals surface area contributed by atoms with E-state index in [1.165, 1.54) is 19.3 Å². The van der Waals surface area contributed by atoms with Crippen LogP contribution < -0.4 is 0 Å². The van der Waals surface area contributed by atoms with Crippen LogP contribution >= 0.6 is 0 Å². The molecule has 0 radical (unpaired) electrons. The van der Waals surface area contributed by atoms with Crippen LogP contribution in [0.3, 0.4) is 0 Å². The predicted octanol–water partition coefficient (Wildman–Crippen LogP) is 2.00. The van der Waals surface area contributed by atoms with Crippen molar-refractivity contribution in [1.29, 1.82) is 0 Å². The van der Waals surface area contributed by atoms with E-state index >= 15 is 0 Å². The summed E-state index contributed by atoms with van der Waals surface area (Å²) in [5.74, 6) is 2.30. The van der Waals surface area contributed by atoms with Gasteiger partial charge in [-0.3, -0.25) is 9.59 Å². The Morgan fingerprint density at radius 3 is 2.47 bits per heavy atom. The lowest BCUT2D eigenvalue weighted by atomic mass is 10.1. The number of hydrogen-bond donors (Lipinski definition) is 0. The fraction of sp³-hybridized carbons (Fsp3) is 0.857. The Balaban J connectivity index is 1.63. The van der Waals surface area contributed by atoms with E-state index in [4.69, 9.17) is 0 Å². The van der Waals surface area contributed by atoms with Crippen LogP contribution in [-0.4, -0.2) is 29.2 Å². The Labute approximate surface area is 103 Å². The molecule has 2 aliphatic carbocycles. The van der Waals surface area contributed by atoms with Crippen molar-refractivity contribution in [2.24, 2.45) is 17.8 Å². The zero-order valence-electron chi connectivity index (χ0n) is 10.5. The third kappa shape index (κ3) is 1.90. The van der Waals surface area contributed by atoms with Crippen molar-refractivity contribution in [2.75, 3.05) is 6.54 Å². The van der Waals surface area contributed by atoms with Crippen molar-refractivity contribution in [3.05, 3.63) is 0 Å². The first kappa shape index (κ1) is 11.2. The van der Waals surface area contributed by atoms with E-state index in [2.05, 4.69) is 0 Å². The Morgan fingerprint density at radius 2 is 1.82 bits per heavy atom. The predicted molar refractivity (Wildman–Crippen MR) is 64.4 cm³/mol. The van der Waals surface area contributed by atoms with Gasteiger partial charge in [-0.1, -0.05) is 6.42 Å². The number of hydrogen-bond acceptors (Lipinski definition) is 2. The lowest BCUT2D eigenvalue weighted by molar-refractivity contribution is -0.134. The molecule has 1 amide bonds. The highest BCUT2D eigenvalue weighted by Crippen LogP contribution is 2.58. The summed E-state index contributed by atoms with van der Waals surface area (Å²) in [4.78, 5) is 25.7. The molecule has 3 unspecified atom stereocenters. The molecular formula is C14H21NO2. The molecule has 0 aromatic carbocycles. The second-order valence-electron chi connectivity index (χ2n) is 6.02. The van der Waals surface area contributed by atoms with Crippen molar-refractivity contribution in [1.82, 2.24) is 4.90 Å². The van der Waals surface area contributed by atoms with Crippen molar-refractivity contribution >= 4 is 11.7 Å². The topological polar surface area (TPSA) is 37.4 Å². The summed E-state index contributed by atoms with van der Waals surface area (Å²) in [7, 11) is 0. The highest BCUT2D eigenvalue weighted by molar-refractivity contribution is 5.84. The van der Waals surface area contributed by atoms with Crippen LogP contribution in [0.5, 0.6) is 0 Å². The van der Waals surface area contributed by atoms with Gasteiger partial charge in [0, 0.05) is 24.9 Å². The molecule has 2 saturated carbocycles. The van der Waals surface area contributed by atoms with Crippen LogP contribution in [0.15, 0.2) is 0 Å². The first-order valence-corrected chi connectivity index (χ1v) is 6.98. The molecule has 0 aromatic heterocycles. The van der Waals surface area contributed by atoms with Gasteiger partial charge in [-0.25, -0.2) is 0 Å². The average Bonchev–Trinajstić information content (AvgIpc) is 2.70. The fourth-order valence-corrected chi connectivity index (χ4v) is 4.05. The van der Waals surface area contributed by atoms with Crippen LogP contribution in [0.4, 0.5) is 0 Å². The zero-order chi connectivity index (χ0) is 12.0. The summed E-state index contributed by atoms with van der Waals surface area (Å²) in [6, 6.07) is 0.210. The maximum Gasteiger partial charge on any atom is 0.226 e. The highest BCUT2D eigenvalue weighted by Gasteiger charge is 2.58. The first-order chi connectivity index (χ1) is 8.18. The van der Waals surface area contributed by atoms with Crippen LogP contribution in [0.1, 0.15) is 45.4 Å². The second-order valence-corrected chi connectivity index (χ2v) is 6.02. The van der Waals surface area contributed by atoms with Crippen molar-refractivity contribution in [2.45, 2.75) is 51.5 Å². The summed E-state index contributed by atoms with van der Waals surface area (Å²) in [6.07, 6.45) is 6.49. The van der Waals surface area contributed by atoms with Crippen molar-refractivity contribution < 1.29 is 9.59 Å². The fourth-order valence-electron chi connectivity index (χ4n) is 4.05. The molecule has 3 fully saturated rings. The van der Waals surface area contributed by atoms with Gasteiger partial charge >= 0.3 is 0 Å². The molecular weight excluding hydrogens is 214 g/mol. The lowest BCUT2D eigenvalue weighted by Gasteiger charge is -2.24. The van der Waals surface area contributed by atoms with Crippen molar-refractivity contribution in [3.63, 3.8) is 0 Å². The lowest BCUT2D eigenvalue weighted by Crippen LogP contribution is -2.38. The number of Topliss-reactive ketones (excluding diaryl/α,β-unsaturated/α-hetero) is 1. The number of carbonyl (C=O) groups is 2. The van der Waals surface area contributed by atoms with Gasteiger partial charge in [0.1, 0.15) is 5.78 Å². The molecule has 0 N–H and O–H groups in total. The van der Waals surface area contributed by atoms with Gasteiger partial charge in [0.2, 0.25) is 5.91 Å². The Kier molecular flexibility index (Phi) is 2.72. The number of likely N-dealkylation sites (tertiary alicyclic amines) is 1. The number of rotatable bonds is 3. The first-order valence-electron chi connectivity index (χ1n) is 6.98. The average molecular weight is 235 g/mol. The minimum absolute atomic E-state index is 0.210. The number of fused-ring (bicyclic) bond motifs is 1. The van der Waals surface area contributed by atoms with Crippen LogP contribution in [0, 0.1) is 17.8 Å². The Bertz CT molecular complexity index is 342. The largest absolute Gasteiger partial charge is 0.339 e. The standard InChI is InChI=1S/C14H21NO2/c1-9(16)8-10-4-3-7-15(10)14(17)13-11-5-2-6-12(11)13/h10-13H,2-8H2,1H3. The monoisotopic (exact) mass is 235 g/mol. The molecule has 1 aliphatic heterocycles. The minimum Gasteiger partial charge on any atom is -0.339 e. The zero-order valence-corrected chi connectivity index (χ0v) is 10.5. The Hall–Kier alpha value is -0.860. The maximum atomic E-state index is 12.4. The normalized spacial score (nSPS) is 39.2. The van der Waals surface area contributed by atoms with Gasteiger partial charge in [0.25, 0.3) is 0 Å². The number of carbonyl (C=O) groups excluding carboxylic acids is 2. The molecule has 3 rings (SSSR count). The van der Waals surface area contributed by atoms with Crippen LogP contribution in [0.25, 0.3) is 0 Å². The third-order valence-corrected chi connectivity index (χ3v) is 4.87. The van der Waals surface area contributed by atoms with Gasteiger partial charge in [0.15, 0.2) is 0 Å². The van der Waals surface area contributed by atoms with E-state index in [1.54, 1.807) is 6.92 Å². The van der Waals surface area contributed by atoms with Crippen LogP contribution in [-0.2, 0) is 9.59 Å². The summed E-state index contributed by atoms with van der Waals surface area (Å²) < 4.78 is 0. The van der Waals surface area contributed by atoms with E-state index in [1.807, 2.05) is 4.90 Å². The van der Waals surface area contributed by atoms with E-state index in [0.29, 0.717) is 30.1 Å². The molecule has 17 heavy (non-hydrogen) atoms. The molecule has 94 valence electrons. The van der Waals surface area contributed by atoms with E-state index in [0.717, 1.165) is 19.4 Å². The summed E-state index contributed by atoms with van der Waals surface area (Å²) in [5.41, 5.74) is 0. The Morgan fingerprint density at radius 1 is 1.12 bits per heavy atom. The molecule has 3 nitrogen and oxygen atoms in total. The third-order valence-electron chi connectivity index (χ3n) is 4.87. The molecule has 0 aromatic rings. The van der Waals surface area contributed by atoms with Gasteiger partial charge in [-0.15, -0.1) is 0 Å². The summed E-state index contributed by atoms with van der Waals surface area (Å²) in [5, 5.41) is 0. The second kappa shape index (κ2) is 4.11. The highest BCUT2D eigenvalue weighted by atomic mass is 16.2. The minimum atomic E-state index is 0.210. The smallest absolute Gasteiger partial charge is 0.226 e. The van der Waals surface area contributed by atoms with Gasteiger partial charge in [-0.05, 0) is 44.4 Å². The molecule has 0 spiro atoms. The number of ketones is 1. The molecule has 0 bridgehead atoms. The van der Waals surface area contributed by atoms with E-state index in [9.17, 15) is 9.59 Å². The van der Waals surface area contributed by atoms with Gasteiger partial charge in [0.05, 0.1) is 0 Å². The van der Waals surface area contributed by atoms with E-state index < -0.39 is 0 Å². The van der Waals surface area contributed by atoms with Gasteiger partial charge < -0.3 is 4.90 Å². The molecule has 3 aliphatic rings. The molecule has 1 heterocycles. The molecule has 3 atom stereocenters. The molecule has 3 heteroatoms. The van der Waals surface area contributed by atoms with Crippen molar-refractivity contribution in [3.8, 4) is 0 Å². The molecule has 1 saturated heterocycles. The quantitative estimate of drug-likeness (QED) is 0.750. The SMILES string of the molecule is CC(=O)CC1CCCN1C(=O)C1C2CCCC21. The van der Waals surface area contributed by atoms with E-state index in [-0.39, 0.29) is 11.8 Å². The number of amides is 1. The summed E-state index contributed by atoms with van der Waals surface area (Å²) in [6.45, 7) is 2.51. The number of nitrogens with zero attached hydrogens (tertiary/aromatic N) is 1. The van der Waals surface area contributed by atoms with Gasteiger partial charge in [-0.2, -0.15) is 0 Å². The summed E-state index contributed by atoms with van der Waals surface area (Å²) >= 11 is 0. The van der Waals surface area contributed by atoms with Crippen LogP contribution in [0.2, 0.25) is 0 Å². The maximum absolute atomic E-state index is 12.4.